The Morgan fingerprint density at radius 3 is 2.33 bits per heavy atom. The maximum absolute atomic E-state index is 14.2. The molecule has 0 saturated carbocycles. The van der Waals surface area contributed by atoms with Crippen LogP contribution in [0.25, 0.3) is 0 Å². The van der Waals surface area contributed by atoms with Gasteiger partial charge >= 0.3 is 12.1 Å². The van der Waals surface area contributed by atoms with Gasteiger partial charge in [0.15, 0.2) is 0 Å². The Kier molecular flexibility index (Phi) is 12.4. The molecule has 0 heterocycles. The topological polar surface area (TPSA) is 154 Å². The van der Waals surface area contributed by atoms with Gasteiger partial charge in [0.25, 0.3) is 0 Å². The Hall–Kier alpha value is -4.54. The number of carbonyl (C=O) groups is 4. The average molecular weight is 584 g/mol. The second kappa shape index (κ2) is 15.5. The highest BCUT2D eigenvalue weighted by atomic mass is 16.6. The number of para-hydroxylation sites is 1. The van der Waals surface area contributed by atoms with Crippen molar-refractivity contribution in [3.8, 4) is 11.5 Å². The molecule has 2 aromatic rings. The lowest BCUT2D eigenvalue weighted by Gasteiger charge is -2.34. The van der Waals surface area contributed by atoms with E-state index in [-0.39, 0.29) is 49.6 Å². The lowest BCUT2D eigenvalue weighted by molar-refractivity contribution is -0.144. The molecule has 2 rings (SSSR count). The summed E-state index contributed by atoms with van der Waals surface area (Å²) in [5.74, 6) is -1.96. The van der Waals surface area contributed by atoms with Crippen LogP contribution in [0.2, 0.25) is 0 Å². The summed E-state index contributed by atoms with van der Waals surface area (Å²) >= 11 is 0. The Balaban J connectivity index is 2.53. The normalized spacial score (nSPS) is 12.4. The van der Waals surface area contributed by atoms with Crippen LogP contribution in [0, 0.1) is 6.92 Å². The quantitative estimate of drug-likeness (QED) is 0.206. The van der Waals surface area contributed by atoms with Crippen LogP contribution in [0.15, 0.2) is 55.1 Å². The van der Waals surface area contributed by atoms with Crippen LogP contribution in [0.4, 0.5) is 4.79 Å². The van der Waals surface area contributed by atoms with E-state index in [1.807, 2.05) is 0 Å². The second-order valence-electron chi connectivity index (χ2n) is 10.6. The fourth-order valence-electron chi connectivity index (χ4n) is 4.15. The molecule has 0 saturated heterocycles. The van der Waals surface area contributed by atoms with Crippen molar-refractivity contribution in [3.63, 3.8) is 0 Å². The van der Waals surface area contributed by atoms with Crippen molar-refractivity contribution < 1.29 is 38.9 Å². The molecule has 0 aliphatic rings. The van der Waals surface area contributed by atoms with E-state index in [0.717, 1.165) is 0 Å². The van der Waals surface area contributed by atoms with Gasteiger partial charge in [-0.15, -0.1) is 6.58 Å². The van der Waals surface area contributed by atoms with Crippen LogP contribution in [0.5, 0.6) is 11.5 Å². The lowest BCUT2D eigenvalue weighted by Crippen LogP contribution is -2.54. The number of nitrogens with zero attached hydrogens (tertiary/aromatic N) is 1. The smallest absolute Gasteiger partial charge is 0.408 e. The zero-order chi connectivity index (χ0) is 31.4. The number of phenols is 2. The van der Waals surface area contributed by atoms with Gasteiger partial charge in [0.1, 0.15) is 29.2 Å². The predicted molar refractivity (Wildman–Crippen MR) is 157 cm³/mol. The molecule has 0 bridgehead atoms. The molecular formula is C31H41N3O8. The van der Waals surface area contributed by atoms with E-state index in [9.17, 15) is 29.4 Å². The first kappa shape index (κ1) is 33.7. The maximum Gasteiger partial charge on any atom is 0.408 e. The number of esters is 1. The molecule has 0 radical (unpaired) electrons. The summed E-state index contributed by atoms with van der Waals surface area (Å²) in [5.41, 5.74) is 0.413. The highest BCUT2D eigenvalue weighted by Gasteiger charge is 2.37. The fourth-order valence-corrected chi connectivity index (χ4v) is 4.15. The van der Waals surface area contributed by atoms with Gasteiger partial charge in [-0.25, -0.2) is 4.79 Å². The SMILES string of the molecule is C=CCN(C(=O)C(Cc1ccc(O)cc1)NC(=O)OC(C)(C)C)C(C(=O)NCCC(=O)OCC)c1cccc(C)c1O. The number of aromatic hydroxyl groups is 2. The van der Waals surface area contributed by atoms with Crippen LogP contribution >= 0.6 is 0 Å². The van der Waals surface area contributed by atoms with Crippen molar-refractivity contribution in [2.75, 3.05) is 19.7 Å². The van der Waals surface area contributed by atoms with Gasteiger partial charge in [0.2, 0.25) is 11.8 Å². The first-order valence-corrected chi connectivity index (χ1v) is 13.7. The number of nitrogens with one attached hydrogen (secondary N) is 2. The van der Waals surface area contributed by atoms with Gasteiger partial charge < -0.3 is 35.2 Å². The van der Waals surface area contributed by atoms with E-state index in [0.29, 0.717) is 11.1 Å². The number of carbonyl (C=O) groups excluding carboxylic acids is 4. The first-order chi connectivity index (χ1) is 19.8. The summed E-state index contributed by atoms with van der Waals surface area (Å²) in [4.78, 5) is 53.7. The van der Waals surface area contributed by atoms with Gasteiger partial charge in [0, 0.05) is 25.1 Å². The maximum atomic E-state index is 14.2. The van der Waals surface area contributed by atoms with Gasteiger partial charge in [-0.1, -0.05) is 36.4 Å². The van der Waals surface area contributed by atoms with Crippen molar-refractivity contribution in [1.29, 1.82) is 0 Å². The number of hydrogen-bond acceptors (Lipinski definition) is 8. The highest BCUT2D eigenvalue weighted by molar-refractivity contribution is 5.93. The van der Waals surface area contributed by atoms with Crippen LogP contribution < -0.4 is 10.6 Å². The van der Waals surface area contributed by atoms with Gasteiger partial charge in [-0.2, -0.15) is 0 Å². The van der Waals surface area contributed by atoms with Gasteiger partial charge in [-0.3, -0.25) is 14.4 Å². The molecule has 0 fully saturated rings. The molecule has 2 aromatic carbocycles. The Labute approximate surface area is 246 Å². The number of hydrogen-bond donors (Lipinski definition) is 4. The van der Waals surface area contributed by atoms with Crippen molar-refractivity contribution in [2.45, 2.75) is 65.1 Å². The van der Waals surface area contributed by atoms with Crippen molar-refractivity contribution in [2.24, 2.45) is 0 Å². The molecule has 2 unspecified atom stereocenters. The molecule has 228 valence electrons. The lowest BCUT2D eigenvalue weighted by atomic mass is 9.98. The van der Waals surface area contributed by atoms with E-state index in [2.05, 4.69) is 17.2 Å². The average Bonchev–Trinajstić information content (AvgIpc) is 2.90. The molecule has 0 aromatic heterocycles. The van der Waals surface area contributed by atoms with E-state index < -0.39 is 41.6 Å². The monoisotopic (exact) mass is 583 g/mol. The van der Waals surface area contributed by atoms with E-state index >= 15 is 0 Å². The first-order valence-electron chi connectivity index (χ1n) is 13.7. The van der Waals surface area contributed by atoms with Crippen LogP contribution in [-0.4, -0.2) is 70.3 Å². The van der Waals surface area contributed by atoms with Crippen molar-refractivity contribution in [3.05, 3.63) is 71.8 Å². The van der Waals surface area contributed by atoms with Crippen LogP contribution in [-0.2, 0) is 30.3 Å². The van der Waals surface area contributed by atoms with Crippen LogP contribution in [0.3, 0.4) is 0 Å². The standard InChI is InChI=1S/C31H41N3O8/c1-7-18-34(26(23-11-9-10-20(3)27(23)37)28(38)32-17-16-25(36)41-8-2)29(39)24(33-30(40)42-31(4,5)6)19-21-12-14-22(35)15-13-21/h7,9-15,24,26,35,37H,1,8,16-19H2,2-6H3,(H,32,38)(H,33,40). The molecule has 3 amide bonds. The number of aryl methyl sites for hydroxylation is 1. The van der Waals surface area contributed by atoms with Gasteiger partial charge in [0.05, 0.1) is 13.0 Å². The van der Waals surface area contributed by atoms with E-state index in [4.69, 9.17) is 9.47 Å². The number of amides is 3. The summed E-state index contributed by atoms with van der Waals surface area (Å²) in [6.45, 7) is 12.1. The molecular weight excluding hydrogens is 542 g/mol. The number of phenolic OH excluding ortho intramolecular Hbond substituents is 2. The third-order valence-electron chi connectivity index (χ3n) is 6.03. The van der Waals surface area contributed by atoms with Crippen LogP contribution in [0.1, 0.15) is 56.8 Å². The Morgan fingerprint density at radius 2 is 1.74 bits per heavy atom. The molecule has 0 aliphatic carbocycles. The van der Waals surface area contributed by atoms with E-state index in [1.165, 1.54) is 29.2 Å². The summed E-state index contributed by atoms with van der Waals surface area (Å²) < 4.78 is 10.3. The fraction of sp³-hybridized carbons (Fsp3) is 0.419. The predicted octanol–water partition coefficient (Wildman–Crippen LogP) is 3.67. The minimum absolute atomic E-state index is 0.00297. The van der Waals surface area contributed by atoms with Crippen molar-refractivity contribution in [1.82, 2.24) is 15.5 Å². The largest absolute Gasteiger partial charge is 0.508 e. The molecule has 2 atom stereocenters. The molecule has 42 heavy (non-hydrogen) atoms. The summed E-state index contributed by atoms with van der Waals surface area (Å²) in [6.07, 6.45) is 0.495. The zero-order valence-electron chi connectivity index (χ0n) is 24.8. The number of alkyl carbamates (subject to hydrolysis) is 1. The minimum atomic E-state index is -1.35. The number of rotatable bonds is 13. The Morgan fingerprint density at radius 1 is 1.07 bits per heavy atom. The van der Waals surface area contributed by atoms with E-state index in [1.54, 1.807) is 58.9 Å². The summed E-state index contributed by atoms with van der Waals surface area (Å²) in [6, 6.07) is 8.40. The Bertz CT molecular complexity index is 1250. The molecule has 0 aliphatic heterocycles. The molecule has 0 spiro atoms. The summed E-state index contributed by atoms with van der Waals surface area (Å²) in [5, 5.41) is 25.9. The van der Waals surface area contributed by atoms with Gasteiger partial charge in [-0.05, 0) is 57.9 Å². The summed E-state index contributed by atoms with van der Waals surface area (Å²) in [7, 11) is 0. The van der Waals surface area contributed by atoms with Crippen molar-refractivity contribution >= 4 is 23.9 Å². The molecule has 11 heteroatoms. The third kappa shape index (κ3) is 10.1. The zero-order valence-corrected chi connectivity index (χ0v) is 24.8. The number of ether oxygens (including phenoxy) is 2. The third-order valence-corrected chi connectivity index (χ3v) is 6.03. The highest BCUT2D eigenvalue weighted by Crippen LogP contribution is 2.32. The number of benzene rings is 2. The molecule has 11 nitrogen and oxygen atoms in total. The molecule has 4 N–H and O–H groups in total. The minimum Gasteiger partial charge on any atom is -0.508 e. The second-order valence-corrected chi connectivity index (χ2v) is 10.6.